The molecule has 0 spiro atoms. The lowest BCUT2D eigenvalue weighted by atomic mass is 10.2. The van der Waals surface area contributed by atoms with E-state index in [9.17, 15) is 0 Å². The fourth-order valence-corrected chi connectivity index (χ4v) is 1.39. The zero-order valence-electron chi connectivity index (χ0n) is 7.83. The quantitative estimate of drug-likeness (QED) is 0.695. The van der Waals surface area contributed by atoms with E-state index in [1.807, 2.05) is 20.0 Å². The van der Waals surface area contributed by atoms with E-state index in [0.29, 0.717) is 0 Å². The fourth-order valence-electron chi connectivity index (χ4n) is 1.39. The molecule has 0 aliphatic carbocycles. The summed E-state index contributed by atoms with van der Waals surface area (Å²) in [6, 6.07) is 4.19. The van der Waals surface area contributed by atoms with Crippen molar-refractivity contribution in [2.75, 3.05) is 0 Å². The molecular weight excluding hydrogens is 162 g/mol. The van der Waals surface area contributed by atoms with Crippen molar-refractivity contribution >= 4 is 11.0 Å². The van der Waals surface area contributed by atoms with Crippen LogP contribution in [0.2, 0.25) is 0 Å². The van der Waals surface area contributed by atoms with Crippen LogP contribution in [0.25, 0.3) is 11.0 Å². The summed E-state index contributed by atoms with van der Waals surface area (Å²) in [7, 11) is 0. The highest BCUT2D eigenvalue weighted by molar-refractivity contribution is 5.77. The Bertz CT molecular complexity index is 429. The summed E-state index contributed by atoms with van der Waals surface area (Å²) in [5.41, 5.74) is 8.88. The molecule has 2 aromatic rings. The maximum Gasteiger partial charge on any atom is 0.137 e. The highest BCUT2D eigenvalue weighted by Crippen LogP contribution is 2.17. The van der Waals surface area contributed by atoms with Crippen LogP contribution in [0.3, 0.4) is 0 Å². The number of rotatable bonds is 1. The molecule has 13 heavy (non-hydrogen) atoms. The third-order valence-corrected chi connectivity index (χ3v) is 2.12. The minimum Gasteiger partial charge on any atom is -0.342 e. The second-order valence-corrected chi connectivity index (χ2v) is 3.46. The van der Waals surface area contributed by atoms with E-state index in [1.54, 1.807) is 0 Å². The molecule has 3 nitrogen and oxygen atoms in total. The first-order valence-electron chi connectivity index (χ1n) is 4.37. The third-order valence-electron chi connectivity index (χ3n) is 2.12. The number of aromatic nitrogens is 2. The monoisotopic (exact) mass is 175 g/mol. The van der Waals surface area contributed by atoms with Crippen LogP contribution in [0.1, 0.15) is 24.2 Å². The van der Waals surface area contributed by atoms with Crippen LogP contribution in [0.15, 0.2) is 18.3 Å². The van der Waals surface area contributed by atoms with Crippen LogP contribution in [-0.4, -0.2) is 9.97 Å². The van der Waals surface area contributed by atoms with Crippen molar-refractivity contribution in [1.82, 2.24) is 9.97 Å². The number of aromatic amines is 1. The van der Waals surface area contributed by atoms with Crippen LogP contribution in [0.5, 0.6) is 0 Å². The second-order valence-electron chi connectivity index (χ2n) is 3.46. The van der Waals surface area contributed by atoms with Gasteiger partial charge in [0.1, 0.15) is 5.65 Å². The number of nitrogens with two attached hydrogens (primary N) is 1. The standard InChI is InChI=1S/C10H13N3/c1-6-3-8-4-9(7(2)11)13-10(8)12-5-6/h3-5,7H,11H2,1-2H3,(H,12,13). The highest BCUT2D eigenvalue weighted by atomic mass is 14.9. The Kier molecular flexibility index (Phi) is 1.81. The highest BCUT2D eigenvalue weighted by Gasteiger charge is 2.04. The molecule has 0 bridgehead atoms. The molecule has 0 radical (unpaired) electrons. The Balaban J connectivity index is 2.62. The van der Waals surface area contributed by atoms with Gasteiger partial charge in [-0.2, -0.15) is 0 Å². The van der Waals surface area contributed by atoms with Gasteiger partial charge in [0, 0.05) is 23.3 Å². The first-order valence-corrected chi connectivity index (χ1v) is 4.37. The zero-order valence-corrected chi connectivity index (χ0v) is 7.83. The van der Waals surface area contributed by atoms with E-state index < -0.39 is 0 Å². The van der Waals surface area contributed by atoms with Gasteiger partial charge in [-0.05, 0) is 31.5 Å². The largest absolute Gasteiger partial charge is 0.342 e. The summed E-state index contributed by atoms with van der Waals surface area (Å²) in [6.07, 6.45) is 1.85. The van der Waals surface area contributed by atoms with E-state index in [2.05, 4.69) is 22.1 Å². The van der Waals surface area contributed by atoms with Crippen LogP contribution in [-0.2, 0) is 0 Å². The normalized spacial score (nSPS) is 13.5. The summed E-state index contributed by atoms with van der Waals surface area (Å²) < 4.78 is 0. The van der Waals surface area contributed by atoms with Gasteiger partial charge in [-0.1, -0.05) is 0 Å². The molecule has 68 valence electrons. The second kappa shape index (κ2) is 2.85. The van der Waals surface area contributed by atoms with Gasteiger partial charge >= 0.3 is 0 Å². The van der Waals surface area contributed by atoms with E-state index in [0.717, 1.165) is 16.7 Å². The van der Waals surface area contributed by atoms with Gasteiger partial charge in [-0.25, -0.2) is 4.98 Å². The van der Waals surface area contributed by atoms with Gasteiger partial charge in [0.05, 0.1) is 0 Å². The molecule has 2 rings (SSSR count). The molecule has 0 saturated carbocycles. The van der Waals surface area contributed by atoms with Crippen LogP contribution in [0.4, 0.5) is 0 Å². The molecule has 0 fully saturated rings. The summed E-state index contributed by atoms with van der Waals surface area (Å²) in [6.45, 7) is 3.99. The number of hydrogen-bond acceptors (Lipinski definition) is 2. The predicted molar refractivity (Wildman–Crippen MR) is 53.4 cm³/mol. The molecule has 0 amide bonds. The average molecular weight is 175 g/mol. The molecule has 0 aliphatic rings. The molecule has 0 aromatic carbocycles. The minimum atomic E-state index is 0.0366. The van der Waals surface area contributed by atoms with Crippen LogP contribution in [0, 0.1) is 6.92 Å². The van der Waals surface area contributed by atoms with E-state index >= 15 is 0 Å². The van der Waals surface area contributed by atoms with E-state index in [4.69, 9.17) is 5.73 Å². The predicted octanol–water partition coefficient (Wildman–Crippen LogP) is 1.89. The summed E-state index contributed by atoms with van der Waals surface area (Å²) in [4.78, 5) is 7.46. The average Bonchev–Trinajstić information content (AvgIpc) is 2.46. The van der Waals surface area contributed by atoms with Crippen molar-refractivity contribution in [3.8, 4) is 0 Å². The van der Waals surface area contributed by atoms with Crippen molar-refractivity contribution in [2.45, 2.75) is 19.9 Å². The number of pyridine rings is 1. The Hall–Kier alpha value is -1.35. The number of H-pyrrole nitrogens is 1. The van der Waals surface area contributed by atoms with Crippen LogP contribution < -0.4 is 5.73 Å². The van der Waals surface area contributed by atoms with Gasteiger partial charge in [0.25, 0.3) is 0 Å². The summed E-state index contributed by atoms with van der Waals surface area (Å²) in [5.74, 6) is 0. The molecule has 2 heterocycles. The molecular formula is C10H13N3. The minimum absolute atomic E-state index is 0.0366. The van der Waals surface area contributed by atoms with Gasteiger partial charge < -0.3 is 10.7 Å². The maximum absolute atomic E-state index is 5.76. The van der Waals surface area contributed by atoms with Crippen molar-refractivity contribution < 1.29 is 0 Å². The van der Waals surface area contributed by atoms with Gasteiger partial charge in [0.15, 0.2) is 0 Å². The van der Waals surface area contributed by atoms with Crippen molar-refractivity contribution in [2.24, 2.45) is 5.73 Å². The fraction of sp³-hybridized carbons (Fsp3) is 0.300. The van der Waals surface area contributed by atoms with E-state index in [1.165, 1.54) is 5.56 Å². The molecule has 0 saturated heterocycles. The van der Waals surface area contributed by atoms with Gasteiger partial charge in [-0.3, -0.25) is 0 Å². The molecule has 0 aliphatic heterocycles. The third kappa shape index (κ3) is 1.42. The Labute approximate surface area is 77.0 Å². The van der Waals surface area contributed by atoms with Gasteiger partial charge in [0.2, 0.25) is 0 Å². The number of nitrogens with one attached hydrogen (secondary N) is 1. The number of hydrogen-bond donors (Lipinski definition) is 2. The Morgan fingerprint density at radius 2 is 2.23 bits per heavy atom. The molecule has 1 atom stereocenters. The summed E-state index contributed by atoms with van der Waals surface area (Å²) >= 11 is 0. The van der Waals surface area contributed by atoms with E-state index in [-0.39, 0.29) is 6.04 Å². The first-order chi connectivity index (χ1) is 6.16. The lowest BCUT2D eigenvalue weighted by molar-refractivity contribution is 0.791. The summed E-state index contributed by atoms with van der Waals surface area (Å²) in [5, 5.41) is 1.13. The number of nitrogens with zero attached hydrogens (tertiary/aromatic N) is 1. The first kappa shape index (κ1) is 8.26. The SMILES string of the molecule is Cc1cnc2[nH]c(C(C)N)cc2c1. The lowest BCUT2D eigenvalue weighted by Crippen LogP contribution is -2.04. The molecule has 1 unspecified atom stereocenters. The van der Waals surface area contributed by atoms with Crippen molar-refractivity contribution in [3.05, 3.63) is 29.6 Å². The van der Waals surface area contributed by atoms with Gasteiger partial charge in [-0.15, -0.1) is 0 Å². The number of fused-ring (bicyclic) bond motifs is 1. The lowest BCUT2D eigenvalue weighted by Gasteiger charge is -1.98. The molecule has 3 N–H and O–H groups in total. The molecule has 3 heteroatoms. The Morgan fingerprint density at radius 3 is 2.92 bits per heavy atom. The maximum atomic E-state index is 5.76. The van der Waals surface area contributed by atoms with Crippen molar-refractivity contribution in [3.63, 3.8) is 0 Å². The zero-order chi connectivity index (χ0) is 9.42. The smallest absolute Gasteiger partial charge is 0.137 e. The Morgan fingerprint density at radius 1 is 1.46 bits per heavy atom. The number of aryl methyl sites for hydroxylation is 1. The topological polar surface area (TPSA) is 54.7 Å². The molecule has 2 aromatic heterocycles. The van der Waals surface area contributed by atoms with Crippen molar-refractivity contribution in [1.29, 1.82) is 0 Å². The van der Waals surface area contributed by atoms with Crippen LogP contribution >= 0.6 is 0 Å².